The van der Waals surface area contributed by atoms with Crippen LogP contribution in [0.15, 0.2) is 35.4 Å². The molecule has 1 unspecified atom stereocenters. The van der Waals surface area contributed by atoms with Gasteiger partial charge in [0.1, 0.15) is 11.8 Å². The quantitative estimate of drug-likeness (QED) is 0.831. The second-order valence-electron chi connectivity index (χ2n) is 6.90. The first-order chi connectivity index (χ1) is 12.1. The van der Waals surface area contributed by atoms with Gasteiger partial charge in [0, 0.05) is 13.0 Å². The van der Waals surface area contributed by atoms with E-state index in [2.05, 4.69) is 10.4 Å². The van der Waals surface area contributed by atoms with Gasteiger partial charge in [-0.1, -0.05) is 50.3 Å². The van der Waals surface area contributed by atoms with Crippen LogP contribution >= 0.6 is 0 Å². The van der Waals surface area contributed by atoms with Gasteiger partial charge in [0.15, 0.2) is 0 Å². The summed E-state index contributed by atoms with van der Waals surface area (Å²) in [6.45, 7) is 0.662. The van der Waals surface area contributed by atoms with Crippen molar-refractivity contribution in [3.63, 3.8) is 0 Å². The molecule has 1 heterocycles. The Bertz CT molecular complexity index is 638. The number of primary amides is 1. The van der Waals surface area contributed by atoms with Gasteiger partial charge in [-0.2, -0.15) is 5.10 Å². The molecule has 1 aromatic carbocycles. The van der Waals surface area contributed by atoms with Crippen molar-refractivity contribution in [3.8, 4) is 0 Å². The Hall–Kier alpha value is -2.37. The van der Waals surface area contributed by atoms with E-state index in [0.717, 1.165) is 18.0 Å². The molecule has 2 amide bonds. The molecule has 0 saturated heterocycles. The monoisotopic (exact) mass is 342 g/mol. The summed E-state index contributed by atoms with van der Waals surface area (Å²) in [7, 11) is 0. The minimum absolute atomic E-state index is 0.194. The highest BCUT2D eigenvalue weighted by molar-refractivity contribution is 6.40. The predicted octanol–water partition coefficient (Wildman–Crippen LogP) is 2.19. The van der Waals surface area contributed by atoms with E-state index in [1.807, 2.05) is 30.3 Å². The maximum absolute atomic E-state index is 12.4. The first-order valence-electron chi connectivity index (χ1n) is 9.14. The van der Waals surface area contributed by atoms with Gasteiger partial charge in [-0.15, -0.1) is 0 Å². The van der Waals surface area contributed by atoms with Crippen LogP contribution in [0.3, 0.4) is 0 Å². The number of carbonyl (C=O) groups is 2. The van der Waals surface area contributed by atoms with Crippen LogP contribution in [0.4, 0.5) is 5.69 Å². The number of nitrogens with two attached hydrogens (primary N) is 1. The summed E-state index contributed by atoms with van der Waals surface area (Å²) in [5.74, 6) is 0.0526. The van der Waals surface area contributed by atoms with Crippen LogP contribution in [0.5, 0.6) is 0 Å². The summed E-state index contributed by atoms with van der Waals surface area (Å²) in [6.07, 6.45) is 7.74. The Morgan fingerprint density at radius 1 is 1.16 bits per heavy atom. The number of carbonyl (C=O) groups excluding carboxylic acids is 2. The number of hydrogen-bond acceptors (Lipinski definition) is 4. The lowest BCUT2D eigenvalue weighted by molar-refractivity contribution is -0.119. The van der Waals surface area contributed by atoms with Crippen molar-refractivity contribution < 1.29 is 9.59 Å². The van der Waals surface area contributed by atoms with Gasteiger partial charge in [-0.25, -0.2) is 0 Å². The average molecular weight is 342 g/mol. The van der Waals surface area contributed by atoms with E-state index < -0.39 is 11.9 Å². The second-order valence-corrected chi connectivity index (χ2v) is 6.90. The number of hydrogen-bond donors (Lipinski definition) is 2. The van der Waals surface area contributed by atoms with Crippen molar-refractivity contribution in [3.05, 3.63) is 30.3 Å². The van der Waals surface area contributed by atoms with Gasteiger partial charge in [-0.3, -0.25) is 14.6 Å². The van der Waals surface area contributed by atoms with Crippen molar-refractivity contribution in [2.75, 3.05) is 11.6 Å². The third-order valence-corrected chi connectivity index (χ3v) is 5.08. The Morgan fingerprint density at radius 2 is 1.88 bits per heavy atom. The number of benzene rings is 1. The van der Waals surface area contributed by atoms with Crippen LogP contribution in [0, 0.1) is 5.92 Å². The molecule has 1 aliphatic heterocycles. The molecule has 0 spiro atoms. The highest BCUT2D eigenvalue weighted by Gasteiger charge is 2.34. The number of rotatable bonds is 6. The van der Waals surface area contributed by atoms with E-state index in [-0.39, 0.29) is 12.3 Å². The van der Waals surface area contributed by atoms with Gasteiger partial charge in [0.25, 0.3) is 5.91 Å². The van der Waals surface area contributed by atoms with Crippen LogP contribution in [0.1, 0.15) is 44.9 Å². The van der Waals surface area contributed by atoms with E-state index >= 15 is 0 Å². The van der Waals surface area contributed by atoms with E-state index in [1.54, 1.807) is 5.01 Å². The molecule has 1 fully saturated rings. The van der Waals surface area contributed by atoms with Gasteiger partial charge in [-0.05, 0) is 24.5 Å². The topological polar surface area (TPSA) is 87.8 Å². The number of anilines is 1. The Morgan fingerprint density at radius 3 is 2.56 bits per heavy atom. The maximum Gasteiger partial charge on any atom is 0.267 e. The molecular weight excluding hydrogens is 316 g/mol. The lowest BCUT2D eigenvalue weighted by Crippen LogP contribution is -2.40. The molecular formula is C19H26N4O2. The Balaban J connectivity index is 1.59. The number of amides is 2. The summed E-state index contributed by atoms with van der Waals surface area (Å²) in [4.78, 5) is 24.2. The molecule has 0 aromatic heterocycles. The zero-order valence-electron chi connectivity index (χ0n) is 14.5. The van der Waals surface area contributed by atoms with Crippen molar-refractivity contribution in [1.82, 2.24) is 5.32 Å². The van der Waals surface area contributed by atoms with Crippen molar-refractivity contribution in [1.29, 1.82) is 0 Å². The number of para-hydroxylation sites is 1. The minimum atomic E-state index is -0.610. The molecule has 1 aromatic rings. The minimum Gasteiger partial charge on any atom is -0.368 e. The molecule has 3 rings (SSSR count). The molecule has 1 aliphatic carbocycles. The van der Waals surface area contributed by atoms with Gasteiger partial charge in [0.2, 0.25) is 5.91 Å². The summed E-state index contributed by atoms with van der Waals surface area (Å²) in [5.41, 5.74) is 6.63. The molecule has 3 N–H and O–H groups in total. The van der Waals surface area contributed by atoms with Gasteiger partial charge < -0.3 is 11.1 Å². The fourth-order valence-corrected chi connectivity index (χ4v) is 3.66. The maximum atomic E-state index is 12.4. The van der Waals surface area contributed by atoms with E-state index in [0.29, 0.717) is 12.3 Å². The molecule has 0 bridgehead atoms. The highest BCUT2D eigenvalue weighted by Crippen LogP contribution is 2.26. The van der Waals surface area contributed by atoms with Crippen LogP contribution < -0.4 is 16.1 Å². The van der Waals surface area contributed by atoms with Crippen LogP contribution in [0.2, 0.25) is 0 Å². The second kappa shape index (κ2) is 8.14. The zero-order valence-corrected chi connectivity index (χ0v) is 14.5. The summed E-state index contributed by atoms with van der Waals surface area (Å²) in [5, 5.41) is 8.87. The lowest BCUT2D eigenvalue weighted by atomic mass is 9.87. The Kier molecular flexibility index (Phi) is 5.68. The fourth-order valence-electron chi connectivity index (χ4n) is 3.66. The zero-order chi connectivity index (χ0) is 17.6. The standard InChI is InChI=1S/C19H26N4O2/c20-18(24)17-13-16(22-23(17)15-9-5-2-6-10-15)19(25)21-12-11-14-7-3-1-4-8-14/h2,5-6,9-10,14,17H,1,3-4,7-8,11-13H2,(H2,20,24)(H,21,25). The van der Waals surface area contributed by atoms with Crippen molar-refractivity contribution >= 4 is 23.2 Å². The van der Waals surface area contributed by atoms with E-state index in [1.165, 1.54) is 32.1 Å². The Labute approximate surface area is 148 Å². The molecule has 2 aliphatic rings. The first-order valence-corrected chi connectivity index (χ1v) is 9.14. The van der Waals surface area contributed by atoms with Gasteiger partial charge in [0.05, 0.1) is 5.69 Å². The van der Waals surface area contributed by atoms with Crippen LogP contribution in [-0.2, 0) is 9.59 Å². The average Bonchev–Trinajstić information content (AvgIpc) is 3.09. The molecule has 0 radical (unpaired) electrons. The first kappa shape index (κ1) is 17.5. The molecule has 134 valence electrons. The lowest BCUT2D eigenvalue weighted by Gasteiger charge is -2.21. The number of nitrogens with zero attached hydrogens (tertiary/aromatic N) is 2. The number of nitrogens with one attached hydrogen (secondary N) is 1. The molecule has 6 heteroatoms. The molecule has 1 saturated carbocycles. The highest BCUT2D eigenvalue weighted by atomic mass is 16.2. The number of hydrazone groups is 1. The summed E-state index contributed by atoms with van der Waals surface area (Å²) in [6, 6.07) is 8.71. The van der Waals surface area contributed by atoms with Gasteiger partial charge >= 0.3 is 0 Å². The third-order valence-electron chi connectivity index (χ3n) is 5.08. The summed E-state index contributed by atoms with van der Waals surface area (Å²) < 4.78 is 0. The third kappa shape index (κ3) is 4.38. The smallest absolute Gasteiger partial charge is 0.267 e. The normalized spacial score (nSPS) is 21.0. The molecule has 6 nitrogen and oxygen atoms in total. The molecule has 25 heavy (non-hydrogen) atoms. The largest absolute Gasteiger partial charge is 0.368 e. The predicted molar refractivity (Wildman–Crippen MR) is 98.2 cm³/mol. The van der Waals surface area contributed by atoms with Crippen LogP contribution in [-0.4, -0.2) is 30.1 Å². The SMILES string of the molecule is NC(=O)C1CC(C(=O)NCCC2CCCCC2)=NN1c1ccccc1. The summed E-state index contributed by atoms with van der Waals surface area (Å²) >= 11 is 0. The van der Waals surface area contributed by atoms with E-state index in [4.69, 9.17) is 5.73 Å². The van der Waals surface area contributed by atoms with Crippen molar-refractivity contribution in [2.45, 2.75) is 51.0 Å². The van der Waals surface area contributed by atoms with Crippen LogP contribution in [0.25, 0.3) is 0 Å². The van der Waals surface area contributed by atoms with E-state index in [9.17, 15) is 9.59 Å². The molecule has 1 atom stereocenters. The fraction of sp³-hybridized carbons (Fsp3) is 0.526. The van der Waals surface area contributed by atoms with Crippen molar-refractivity contribution in [2.24, 2.45) is 16.8 Å².